The summed E-state index contributed by atoms with van der Waals surface area (Å²) in [5.74, 6) is -1.83. The van der Waals surface area contributed by atoms with Crippen LogP contribution in [0, 0.1) is 11.6 Å². The maximum Gasteiger partial charge on any atom is 0.268 e. The van der Waals surface area contributed by atoms with E-state index in [1.165, 1.54) is 24.3 Å². The van der Waals surface area contributed by atoms with Gasteiger partial charge < -0.3 is 20.2 Å². The minimum Gasteiger partial charge on any atom is -0.382 e. The lowest BCUT2D eigenvalue weighted by atomic mass is 10.0. The second-order valence-corrected chi connectivity index (χ2v) is 7.78. The Bertz CT molecular complexity index is 1060. The molecule has 174 valence electrons. The lowest BCUT2D eigenvalue weighted by Gasteiger charge is -2.26. The number of nitrogens with one attached hydrogen (secondary N) is 2. The predicted molar refractivity (Wildman–Crippen MR) is 118 cm³/mol. The van der Waals surface area contributed by atoms with Gasteiger partial charge in [-0.3, -0.25) is 14.5 Å². The molecule has 2 aliphatic rings. The van der Waals surface area contributed by atoms with Gasteiger partial charge in [0.1, 0.15) is 11.6 Å². The van der Waals surface area contributed by atoms with Gasteiger partial charge >= 0.3 is 0 Å². The van der Waals surface area contributed by atoms with Crippen molar-refractivity contribution in [2.24, 2.45) is 5.16 Å². The Labute approximate surface area is 189 Å². The van der Waals surface area contributed by atoms with E-state index in [1.807, 2.05) is 0 Å². The molecule has 0 aliphatic carbocycles. The van der Waals surface area contributed by atoms with E-state index in [9.17, 15) is 18.4 Å². The zero-order valence-electron chi connectivity index (χ0n) is 17.9. The Morgan fingerprint density at radius 2 is 1.91 bits per heavy atom. The Hall–Kier alpha value is -3.37. The summed E-state index contributed by atoms with van der Waals surface area (Å²) in [7, 11) is 0. The van der Waals surface area contributed by atoms with Crippen LogP contribution in [0.25, 0.3) is 0 Å². The number of carbonyl (C=O) groups excluding carboxylic acids is 2. The Morgan fingerprint density at radius 1 is 1.09 bits per heavy atom. The molecule has 0 aromatic heterocycles. The minimum absolute atomic E-state index is 0.0242. The van der Waals surface area contributed by atoms with Crippen molar-refractivity contribution in [3.63, 3.8) is 0 Å². The average molecular weight is 458 g/mol. The van der Waals surface area contributed by atoms with E-state index in [0.717, 1.165) is 19.2 Å². The van der Waals surface area contributed by atoms with Gasteiger partial charge in [-0.2, -0.15) is 0 Å². The van der Waals surface area contributed by atoms with E-state index in [1.54, 1.807) is 12.1 Å². The zero-order valence-corrected chi connectivity index (χ0v) is 17.9. The van der Waals surface area contributed by atoms with Gasteiger partial charge in [0.25, 0.3) is 5.91 Å². The molecule has 2 amide bonds. The first kappa shape index (κ1) is 22.8. The van der Waals surface area contributed by atoms with Crippen LogP contribution in [0.2, 0.25) is 0 Å². The van der Waals surface area contributed by atoms with Crippen molar-refractivity contribution in [2.75, 3.05) is 43.5 Å². The maximum atomic E-state index is 14.2. The highest BCUT2D eigenvalue weighted by Crippen LogP contribution is 2.22. The number of amides is 2. The number of oxime groups is 1. The molecule has 8 nitrogen and oxygen atoms in total. The SMILES string of the molecule is O=C(CCN1CCOCC1)Nc1cc(NC(=O)C2CC(c3cccc(F)c3)=NO2)ccc1F. The third kappa shape index (κ3) is 6.11. The first-order valence-electron chi connectivity index (χ1n) is 10.7. The van der Waals surface area contributed by atoms with E-state index >= 15 is 0 Å². The predicted octanol–water partition coefficient (Wildman–Crippen LogP) is 2.76. The van der Waals surface area contributed by atoms with E-state index in [2.05, 4.69) is 20.7 Å². The smallest absolute Gasteiger partial charge is 0.268 e. The van der Waals surface area contributed by atoms with Crippen LogP contribution in [0.5, 0.6) is 0 Å². The first-order valence-corrected chi connectivity index (χ1v) is 10.7. The standard InChI is InChI=1S/C23H24F2N4O4/c24-16-3-1-2-15(12-16)19-14-21(33-28-19)23(31)26-17-4-5-18(25)20(13-17)27-22(30)6-7-29-8-10-32-11-9-29/h1-5,12-13,21H,6-11,14H2,(H,26,31)(H,27,30). The second kappa shape index (κ2) is 10.5. The molecule has 2 aliphatic heterocycles. The van der Waals surface area contributed by atoms with Gasteiger partial charge in [0.15, 0.2) is 0 Å². The van der Waals surface area contributed by atoms with Crippen molar-refractivity contribution >= 4 is 28.9 Å². The zero-order chi connectivity index (χ0) is 23.2. The highest BCUT2D eigenvalue weighted by molar-refractivity contribution is 6.06. The van der Waals surface area contributed by atoms with Crippen LogP contribution in [0.1, 0.15) is 18.4 Å². The summed E-state index contributed by atoms with van der Waals surface area (Å²) in [5.41, 5.74) is 1.27. The lowest BCUT2D eigenvalue weighted by molar-refractivity contribution is -0.125. The molecule has 33 heavy (non-hydrogen) atoms. The average Bonchev–Trinajstić information content (AvgIpc) is 3.31. The molecule has 1 saturated heterocycles. The molecule has 2 N–H and O–H groups in total. The van der Waals surface area contributed by atoms with Crippen molar-refractivity contribution in [3.8, 4) is 0 Å². The molecule has 0 spiro atoms. The van der Waals surface area contributed by atoms with Crippen molar-refractivity contribution in [1.82, 2.24) is 4.90 Å². The normalized spacial score (nSPS) is 18.4. The number of carbonyl (C=O) groups is 2. The molecule has 0 saturated carbocycles. The van der Waals surface area contributed by atoms with Gasteiger partial charge in [-0.15, -0.1) is 0 Å². The minimum atomic E-state index is -0.903. The van der Waals surface area contributed by atoms with Gasteiger partial charge in [0, 0.05) is 43.7 Å². The molecule has 10 heteroatoms. The number of ether oxygens (including phenoxy) is 1. The van der Waals surface area contributed by atoms with Crippen LogP contribution in [0.3, 0.4) is 0 Å². The summed E-state index contributed by atoms with van der Waals surface area (Å²) in [5, 5.41) is 9.08. The largest absolute Gasteiger partial charge is 0.382 e. The molecule has 2 aromatic carbocycles. The molecule has 1 fully saturated rings. The highest BCUT2D eigenvalue weighted by Gasteiger charge is 2.29. The summed E-state index contributed by atoms with van der Waals surface area (Å²) >= 11 is 0. The lowest BCUT2D eigenvalue weighted by Crippen LogP contribution is -2.38. The molecule has 2 heterocycles. The quantitative estimate of drug-likeness (QED) is 0.666. The molecular formula is C23H24F2N4O4. The summed E-state index contributed by atoms with van der Waals surface area (Å²) < 4.78 is 32.9. The first-order chi connectivity index (χ1) is 16.0. The highest BCUT2D eigenvalue weighted by atomic mass is 19.1. The van der Waals surface area contributed by atoms with Crippen molar-refractivity contribution in [1.29, 1.82) is 0 Å². The molecule has 1 unspecified atom stereocenters. The number of anilines is 2. The topological polar surface area (TPSA) is 92.3 Å². The van der Waals surface area contributed by atoms with E-state index in [0.29, 0.717) is 36.7 Å². The number of hydrogen-bond donors (Lipinski definition) is 2. The number of rotatable bonds is 7. The third-order valence-corrected chi connectivity index (χ3v) is 5.39. The van der Waals surface area contributed by atoms with Crippen molar-refractivity contribution < 1.29 is 27.9 Å². The fourth-order valence-corrected chi connectivity index (χ4v) is 3.58. The number of benzene rings is 2. The van der Waals surface area contributed by atoms with Crippen LogP contribution in [-0.2, 0) is 19.2 Å². The summed E-state index contributed by atoms with van der Waals surface area (Å²) in [6.07, 6.45) is -0.520. The maximum absolute atomic E-state index is 14.2. The van der Waals surface area contributed by atoms with Crippen molar-refractivity contribution in [3.05, 3.63) is 59.7 Å². The molecule has 0 radical (unpaired) electrons. The van der Waals surface area contributed by atoms with E-state index in [4.69, 9.17) is 9.57 Å². The second-order valence-electron chi connectivity index (χ2n) is 7.78. The number of hydrogen-bond acceptors (Lipinski definition) is 6. The number of nitrogens with zero attached hydrogens (tertiary/aromatic N) is 2. The van der Waals surface area contributed by atoms with Gasteiger partial charge in [-0.25, -0.2) is 8.78 Å². The van der Waals surface area contributed by atoms with Gasteiger partial charge in [0.2, 0.25) is 12.0 Å². The van der Waals surface area contributed by atoms with Crippen LogP contribution >= 0.6 is 0 Å². The van der Waals surface area contributed by atoms with Gasteiger partial charge in [0.05, 0.1) is 24.6 Å². The van der Waals surface area contributed by atoms with Crippen LogP contribution in [0.15, 0.2) is 47.6 Å². The summed E-state index contributed by atoms with van der Waals surface area (Å²) in [4.78, 5) is 32.1. The Morgan fingerprint density at radius 3 is 2.70 bits per heavy atom. The van der Waals surface area contributed by atoms with Gasteiger partial charge in [-0.05, 0) is 30.3 Å². The van der Waals surface area contributed by atoms with E-state index in [-0.39, 0.29) is 24.4 Å². The van der Waals surface area contributed by atoms with Crippen LogP contribution in [-0.4, -0.2) is 61.4 Å². The molecule has 1 atom stereocenters. The number of morpholine rings is 1. The molecule has 4 rings (SSSR count). The third-order valence-electron chi connectivity index (χ3n) is 5.39. The van der Waals surface area contributed by atoms with Gasteiger partial charge in [-0.1, -0.05) is 17.3 Å². The number of halogens is 2. The summed E-state index contributed by atoms with van der Waals surface area (Å²) in [6, 6.07) is 9.77. The Balaban J connectivity index is 1.31. The summed E-state index contributed by atoms with van der Waals surface area (Å²) in [6.45, 7) is 3.35. The monoisotopic (exact) mass is 458 g/mol. The Kier molecular flexibility index (Phi) is 7.26. The fourth-order valence-electron chi connectivity index (χ4n) is 3.58. The molecular weight excluding hydrogens is 434 g/mol. The fraction of sp³-hybridized carbons (Fsp3) is 0.348. The van der Waals surface area contributed by atoms with Crippen LogP contribution in [0.4, 0.5) is 20.2 Å². The molecule has 0 bridgehead atoms. The van der Waals surface area contributed by atoms with Crippen LogP contribution < -0.4 is 10.6 Å². The van der Waals surface area contributed by atoms with Crippen molar-refractivity contribution in [2.45, 2.75) is 18.9 Å². The molecule has 2 aromatic rings. The van der Waals surface area contributed by atoms with E-state index < -0.39 is 23.6 Å².